The van der Waals surface area contributed by atoms with Crippen molar-refractivity contribution in [2.45, 2.75) is 33.2 Å². The van der Waals surface area contributed by atoms with E-state index in [1.165, 1.54) is 5.01 Å². The minimum absolute atomic E-state index is 0.194. The van der Waals surface area contributed by atoms with Crippen LogP contribution in [0.1, 0.15) is 27.7 Å². The first kappa shape index (κ1) is 10.0. The molecule has 66 valence electrons. The van der Waals surface area contributed by atoms with Crippen LogP contribution in [0, 0.1) is 5.21 Å². The highest BCUT2D eigenvalue weighted by molar-refractivity contribution is 4.67. The lowest BCUT2D eigenvalue weighted by Crippen LogP contribution is -2.45. The Balaban J connectivity index is 4.42. The molecule has 0 spiro atoms. The summed E-state index contributed by atoms with van der Waals surface area (Å²) in [4.78, 5) is 0.194. The fourth-order valence-corrected chi connectivity index (χ4v) is 0.900. The van der Waals surface area contributed by atoms with Gasteiger partial charge in [-0.05, 0) is 27.7 Å². The highest BCUT2D eigenvalue weighted by Crippen LogP contribution is 2.12. The van der Waals surface area contributed by atoms with Gasteiger partial charge >= 0.3 is 0 Å². The molecule has 0 saturated carbocycles. The molecule has 0 fully saturated rings. The van der Waals surface area contributed by atoms with Gasteiger partial charge in [0.2, 0.25) is 5.28 Å². The maximum atomic E-state index is 10.8. The van der Waals surface area contributed by atoms with Crippen molar-refractivity contribution in [3.8, 4) is 0 Å². The molecule has 0 unspecified atom stereocenters. The third kappa shape index (κ3) is 2.61. The monoisotopic (exact) mass is 161 g/mol. The molecular formula is C6H15N3O2. The van der Waals surface area contributed by atoms with Gasteiger partial charge in [0.1, 0.15) is 0 Å². The third-order valence-electron chi connectivity index (χ3n) is 1.36. The predicted molar refractivity (Wildman–Crippen MR) is 40.0 cm³/mol. The van der Waals surface area contributed by atoms with Gasteiger partial charge in [-0.1, -0.05) is 0 Å². The Hall–Kier alpha value is -1.00. The Labute approximate surface area is 66.4 Å². The van der Waals surface area contributed by atoms with E-state index in [0.29, 0.717) is 6.54 Å². The lowest BCUT2D eigenvalue weighted by atomic mass is 10.1. The SMILES string of the molecule is CCN(/[N+]([O-])=N\O)C(C)(C)C. The highest BCUT2D eigenvalue weighted by Gasteiger charge is 2.26. The molecule has 5 nitrogen and oxygen atoms in total. The molecule has 0 radical (unpaired) electrons. The van der Waals surface area contributed by atoms with Gasteiger partial charge in [0, 0.05) is 0 Å². The zero-order chi connectivity index (χ0) is 9.07. The largest absolute Gasteiger partial charge is 0.569 e. The molecule has 0 aromatic carbocycles. The molecule has 0 rings (SSSR count). The van der Waals surface area contributed by atoms with E-state index in [9.17, 15) is 5.21 Å². The standard InChI is InChI=1S/C6H15N3O2/c1-5-8(6(2,3)4)9(11)7-10/h10H,5H2,1-4H3/b9-7+. The summed E-state index contributed by atoms with van der Waals surface area (Å²) in [5.41, 5.74) is -0.317. The second-order valence-corrected chi connectivity index (χ2v) is 3.23. The quantitative estimate of drug-likeness (QED) is 0.378. The summed E-state index contributed by atoms with van der Waals surface area (Å²) in [6, 6.07) is 0. The minimum Gasteiger partial charge on any atom is -0.569 e. The number of hydrogen-bond donors (Lipinski definition) is 1. The lowest BCUT2D eigenvalue weighted by molar-refractivity contribution is -0.723. The molecule has 0 saturated heterocycles. The molecule has 11 heavy (non-hydrogen) atoms. The molecular weight excluding hydrogens is 146 g/mol. The summed E-state index contributed by atoms with van der Waals surface area (Å²) in [7, 11) is 0. The average molecular weight is 161 g/mol. The molecule has 0 aromatic rings. The fourth-order valence-electron chi connectivity index (χ4n) is 0.900. The number of hydrogen-bond acceptors (Lipinski definition) is 2. The van der Waals surface area contributed by atoms with Crippen molar-refractivity contribution in [1.29, 1.82) is 0 Å². The second-order valence-electron chi connectivity index (χ2n) is 3.23. The lowest BCUT2D eigenvalue weighted by Gasteiger charge is -2.28. The molecule has 0 atom stereocenters. The number of rotatable bonds is 2. The van der Waals surface area contributed by atoms with Crippen LogP contribution in [-0.2, 0) is 0 Å². The van der Waals surface area contributed by atoms with E-state index in [4.69, 9.17) is 5.21 Å². The van der Waals surface area contributed by atoms with E-state index in [1.807, 2.05) is 27.7 Å². The Morgan fingerprint density at radius 2 is 2.00 bits per heavy atom. The van der Waals surface area contributed by atoms with Gasteiger partial charge in [0.15, 0.2) is 0 Å². The summed E-state index contributed by atoms with van der Waals surface area (Å²) >= 11 is 0. The van der Waals surface area contributed by atoms with Crippen LogP contribution in [0.4, 0.5) is 0 Å². The van der Waals surface area contributed by atoms with Gasteiger partial charge in [0.25, 0.3) is 0 Å². The van der Waals surface area contributed by atoms with Crippen LogP contribution in [0.3, 0.4) is 0 Å². The molecule has 0 aromatic heterocycles. The first-order valence-corrected chi connectivity index (χ1v) is 3.53. The maximum Gasteiger partial charge on any atom is 0.230 e. The van der Waals surface area contributed by atoms with Gasteiger partial charge in [-0.15, -0.1) is 5.01 Å². The van der Waals surface area contributed by atoms with Crippen LogP contribution in [0.5, 0.6) is 0 Å². The molecule has 1 N–H and O–H groups in total. The zero-order valence-corrected chi connectivity index (χ0v) is 7.40. The molecule has 5 heteroatoms. The molecule has 0 aliphatic carbocycles. The Morgan fingerprint density at radius 3 is 2.09 bits per heavy atom. The Kier molecular flexibility index (Phi) is 3.10. The highest BCUT2D eigenvalue weighted by atomic mass is 16.6. The van der Waals surface area contributed by atoms with Crippen molar-refractivity contribution in [1.82, 2.24) is 5.01 Å². The van der Waals surface area contributed by atoms with Gasteiger partial charge < -0.3 is 10.4 Å². The zero-order valence-electron chi connectivity index (χ0n) is 7.40. The first-order chi connectivity index (χ1) is 4.93. The van der Waals surface area contributed by atoms with Gasteiger partial charge in [-0.3, -0.25) is 0 Å². The summed E-state index contributed by atoms with van der Waals surface area (Å²) in [6.07, 6.45) is 0. The summed E-state index contributed by atoms with van der Waals surface area (Å²) in [6.45, 7) is 7.93. The number of hydrazine groups is 1. The first-order valence-electron chi connectivity index (χ1n) is 3.53. The molecule has 0 amide bonds. The van der Waals surface area contributed by atoms with Gasteiger partial charge in [-0.2, -0.15) is 0 Å². The van der Waals surface area contributed by atoms with Crippen molar-refractivity contribution in [2.24, 2.45) is 5.28 Å². The second kappa shape index (κ2) is 3.41. The molecule has 0 aliphatic heterocycles. The van der Waals surface area contributed by atoms with Crippen LogP contribution in [0.25, 0.3) is 0 Å². The normalized spacial score (nSPS) is 13.3. The van der Waals surface area contributed by atoms with Crippen LogP contribution in [0.2, 0.25) is 0 Å². The van der Waals surface area contributed by atoms with E-state index >= 15 is 0 Å². The van der Waals surface area contributed by atoms with Gasteiger partial charge in [0.05, 0.1) is 17.1 Å². The summed E-state index contributed by atoms with van der Waals surface area (Å²) in [5, 5.41) is 22.9. The van der Waals surface area contributed by atoms with Gasteiger partial charge in [-0.25, -0.2) is 0 Å². The van der Waals surface area contributed by atoms with Crippen LogP contribution >= 0.6 is 0 Å². The average Bonchev–Trinajstić information content (AvgIpc) is 1.86. The van der Waals surface area contributed by atoms with Crippen molar-refractivity contribution in [2.75, 3.05) is 6.54 Å². The van der Waals surface area contributed by atoms with Crippen molar-refractivity contribution in [3.05, 3.63) is 5.21 Å². The fraction of sp³-hybridized carbons (Fsp3) is 1.00. The smallest absolute Gasteiger partial charge is 0.230 e. The van der Waals surface area contributed by atoms with E-state index in [0.717, 1.165) is 0 Å². The van der Waals surface area contributed by atoms with Crippen LogP contribution in [0.15, 0.2) is 5.28 Å². The van der Waals surface area contributed by atoms with Crippen LogP contribution < -0.4 is 0 Å². The third-order valence-corrected chi connectivity index (χ3v) is 1.36. The topological polar surface area (TPSA) is 61.9 Å². The molecule has 0 heterocycles. The summed E-state index contributed by atoms with van der Waals surface area (Å²) < 4.78 is 0. The Morgan fingerprint density at radius 1 is 1.55 bits per heavy atom. The van der Waals surface area contributed by atoms with Crippen molar-refractivity contribution in [3.63, 3.8) is 0 Å². The van der Waals surface area contributed by atoms with Crippen molar-refractivity contribution >= 4 is 0 Å². The number of nitrogens with zero attached hydrogens (tertiary/aromatic N) is 3. The van der Waals surface area contributed by atoms with E-state index < -0.39 is 0 Å². The van der Waals surface area contributed by atoms with E-state index in [2.05, 4.69) is 5.28 Å². The van der Waals surface area contributed by atoms with Crippen LogP contribution in [-0.4, -0.2) is 27.3 Å². The molecule has 0 bridgehead atoms. The minimum atomic E-state index is -0.317. The predicted octanol–water partition coefficient (Wildman–Crippen LogP) is 1.37. The summed E-state index contributed by atoms with van der Waals surface area (Å²) in [5.74, 6) is 0. The van der Waals surface area contributed by atoms with Crippen molar-refractivity contribution < 1.29 is 10.2 Å². The Bertz CT molecular complexity index is 150. The molecule has 0 aliphatic rings. The maximum absolute atomic E-state index is 10.8. The van der Waals surface area contributed by atoms with E-state index in [1.54, 1.807) is 0 Å². The van der Waals surface area contributed by atoms with E-state index in [-0.39, 0.29) is 10.5 Å².